The number of nitrogens with zero attached hydrogens (tertiary/aromatic N) is 3. The van der Waals surface area contributed by atoms with Gasteiger partial charge in [0.05, 0.1) is 12.1 Å². The lowest BCUT2D eigenvalue weighted by atomic mass is 10.1. The van der Waals surface area contributed by atoms with Crippen molar-refractivity contribution in [3.05, 3.63) is 41.6 Å². The number of aliphatic carboxylic acids is 1. The van der Waals surface area contributed by atoms with E-state index < -0.39 is 5.97 Å². The smallest absolute Gasteiger partial charge is 0.317 e. The molecule has 1 unspecified atom stereocenters. The molecular weight excluding hydrogens is 314 g/mol. The highest BCUT2D eigenvalue weighted by molar-refractivity contribution is 5.82. The van der Waals surface area contributed by atoms with Crippen LogP contribution in [0.5, 0.6) is 0 Å². The van der Waals surface area contributed by atoms with Gasteiger partial charge in [0.15, 0.2) is 0 Å². The maximum absolute atomic E-state index is 10.9. The van der Waals surface area contributed by atoms with Crippen molar-refractivity contribution in [3.63, 3.8) is 0 Å². The number of likely N-dealkylation sites (tertiary alicyclic amines) is 1. The van der Waals surface area contributed by atoms with E-state index in [2.05, 4.69) is 41.1 Å². The Morgan fingerprint density at radius 3 is 2.92 bits per heavy atom. The first-order chi connectivity index (χ1) is 12.0. The number of benzene rings is 1. The summed E-state index contributed by atoms with van der Waals surface area (Å²) < 4.78 is 0. The lowest BCUT2D eigenvalue weighted by Gasteiger charge is -2.25. The van der Waals surface area contributed by atoms with Crippen molar-refractivity contribution >= 4 is 16.9 Å². The average Bonchev–Trinajstić information content (AvgIpc) is 2.80. The highest BCUT2D eigenvalue weighted by Gasteiger charge is 2.22. The number of aryl methyl sites for hydroxylation is 1. The van der Waals surface area contributed by atoms with E-state index in [0.29, 0.717) is 6.04 Å². The van der Waals surface area contributed by atoms with Crippen molar-refractivity contribution in [1.29, 1.82) is 0 Å². The monoisotopic (exact) mass is 341 g/mol. The number of para-hydroxylation sites is 1. The highest BCUT2D eigenvalue weighted by Crippen LogP contribution is 2.22. The largest absolute Gasteiger partial charge is 0.480 e. The van der Waals surface area contributed by atoms with Gasteiger partial charge in [-0.3, -0.25) is 19.6 Å². The Kier molecular flexibility index (Phi) is 5.66. The Labute approximate surface area is 149 Å². The van der Waals surface area contributed by atoms with E-state index in [1.807, 2.05) is 18.0 Å². The Balaban J connectivity index is 1.69. The van der Waals surface area contributed by atoms with Crippen LogP contribution in [0.4, 0.5) is 0 Å². The zero-order valence-corrected chi connectivity index (χ0v) is 15.1. The molecule has 1 aliphatic rings. The summed E-state index contributed by atoms with van der Waals surface area (Å²) in [5.41, 5.74) is 3.45. The molecule has 1 N–H and O–H groups in total. The molecule has 0 bridgehead atoms. The second kappa shape index (κ2) is 7.93. The Hall–Kier alpha value is -1.98. The molecule has 5 nitrogen and oxygen atoms in total. The van der Waals surface area contributed by atoms with Crippen LogP contribution in [0.15, 0.2) is 30.3 Å². The standard InChI is InChI=1S/C20H27N3O2/c1-15-12-16(18-7-3-4-8-19(18)21-15)13-23-10-5-6-17(9-11-23)22(2)14-20(24)25/h3-4,7-8,12,17H,5-6,9-11,13-14H2,1-2H3,(H,24,25). The number of hydrogen-bond acceptors (Lipinski definition) is 4. The molecule has 3 rings (SSSR count). The van der Waals surface area contributed by atoms with Gasteiger partial charge >= 0.3 is 5.97 Å². The van der Waals surface area contributed by atoms with Gasteiger partial charge in [0.25, 0.3) is 0 Å². The molecule has 25 heavy (non-hydrogen) atoms. The Bertz CT molecular complexity index is 747. The third-order valence-electron chi connectivity index (χ3n) is 5.12. The van der Waals surface area contributed by atoms with Gasteiger partial charge in [-0.1, -0.05) is 18.2 Å². The molecule has 1 atom stereocenters. The summed E-state index contributed by atoms with van der Waals surface area (Å²) in [4.78, 5) is 20.1. The summed E-state index contributed by atoms with van der Waals surface area (Å²) in [6, 6.07) is 10.9. The molecule has 134 valence electrons. The number of aromatic nitrogens is 1. The zero-order chi connectivity index (χ0) is 17.8. The SMILES string of the molecule is Cc1cc(CN2CCCC(N(C)CC(=O)O)CC2)c2ccccc2n1. The van der Waals surface area contributed by atoms with Gasteiger partial charge in [0.2, 0.25) is 0 Å². The maximum Gasteiger partial charge on any atom is 0.317 e. The Morgan fingerprint density at radius 2 is 2.12 bits per heavy atom. The van der Waals surface area contributed by atoms with Crippen molar-refractivity contribution in [2.24, 2.45) is 0 Å². The van der Waals surface area contributed by atoms with Crippen molar-refractivity contribution in [2.75, 3.05) is 26.7 Å². The first-order valence-electron chi connectivity index (χ1n) is 9.02. The highest BCUT2D eigenvalue weighted by atomic mass is 16.4. The van der Waals surface area contributed by atoms with Gasteiger partial charge in [-0.05, 0) is 64.0 Å². The molecule has 1 fully saturated rings. The van der Waals surface area contributed by atoms with Gasteiger partial charge in [0, 0.05) is 23.7 Å². The summed E-state index contributed by atoms with van der Waals surface area (Å²) >= 11 is 0. The average molecular weight is 341 g/mol. The lowest BCUT2D eigenvalue weighted by Crippen LogP contribution is -2.36. The third kappa shape index (κ3) is 4.55. The predicted molar refractivity (Wildman–Crippen MR) is 99.7 cm³/mol. The van der Waals surface area contributed by atoms with E-state index in [1.54, 1.807) is 0 Å². The van der Waals surface area contributed by atoms with E-state index >= 15 is 0 Å². The van der Waals surface area contributed by atoms with Crippen LogP contribution in [0.2, 0.25) is 0 Å². The minimum Gasteiger partial charge on any atom is -0.480 e. The second-order valence-electron chi connectivity index (χ2n) is 7.11. The van der Waals surface area contributed by atoms with Gasteiger partial charge < -0.3 is 5.11 Å². The predicted octanol–water partition coefficient (Wildman–Crippen LogP) is 2.91. The maximum atomic E-state index is 10.9. The summed E-state index contributed by atoms with van der Waals surface area (Å²) in [6.45, 7) is 5.17. The second-order valence-corrected chi connectivity index (χ2v) is 7.11. The van der Waals surface area contributed by atoms with Gasteiger partial charge in [-0.2, -0.15) is 0 Å². The summed E-state index contributed by atoms with van der Waals surface area (Å²) in [5.74, 6) is -0.748. The van der Waals surface area contributed by atoms with Crippen LogP contribution in [0.3, 0.4) is 0 Å². The lowest BCUT2D eigenvalue weighted by molar-refractivity contribution is -0.138. The number of fused-ring (bicyclic) bond motifs is 1. The molecule has 2 heterocycles. The molecule has 0 amide bonds. The van der Waals surface area contributed by atoms with Gasteiger partial charge in [-0.25, -0.2) is 0 Å². The van der Waals surface area contributed by atoms with Crippen molar-refractivity contribution in [2.45, 2.75) is 38.8 Å². The number of carboxylic acids is 1. The van der Waals surface area contributed by atoms with Crippen molar-refractivity contribution in [3.8, 4) is 0 Å². The molecule has 0 saturated carbocycles. The molecule has 0 spiro atoms. The molecular formula is C20H27N3O2. The molecule has 1 aliphatic heterocycles. The van der Waals surface area contributed by atoms with E-state index in [9.17, 15) is 4.79 Å². The summed E-state index contributed by atoms with van der Waals surface area (Å²) in [7, 11) is 1.92. The van der Waals surface area contributed by atoms with Crippen LogP contribution >= 0.6 is 0 Å². The Morgan fingerprint density at radius 1 is 1.32 bits per heavy atom. The quantitative estimate of drug-likeness (QED) is 0.906. The zero-order valence-electron chi connectivity index (χ0n) is 15.1. The number of carbonyl (C=O) groups is 1. The third-order valence-corrected chi connectivity index (χ3v) is 5.12. The minimum absolute atomic E-state index is 0.124. The topological polar surface area (TPSA) is 56.7 Å². The van der Waals surface area contributed by atoms with Gasteiger partial charge in [-0.15, -0.1) is 0 Å². The van der Waals surface area contributed by atoms with E-state index in [0.717, 1.165) is 50.1 Å². The molecule has 1 aromatic carbocycles. The van der Waals surface area contributed by atoms with Crippen molar-refractivity contribution < 1.29 is 9.90 Å². The minimum atomic E-state index is -0.748. The van der Waals surface area contributed by atoms with Crippen LogP contribution in [0.1, 0.15) is 30.5 Å². The fourth-order valence-electron chi connectivity index (χ4n) is 3.85. The number of carboxylic acid groups (broad SMARTS) is 1. The van der Waals surface area contributed by atoms with E-state index in [-0.39, 0.29) is 6.54 Å². The van der Waals surface area contributed by atoms with Crippen LogP contribution in [-0.2, 0) is 11.3 Å². The number of likely N-dealkylation sites (N-methyl/N-ethyl adjacent to an activating group) is 1. The molecule has 1 aromatic heterocycles. The van der Waals surface area contributed by atoms with Crippen LogP contribution in [-0.4, -0.2) is 58.6 Å². The molecule has 5 heteroatoms. The normalized spacial score (nSPS) is 19.2. The van der Waals surface area contributed by atoms with Crippen LogP contribution in [0, 0.1) is 6.92 Å². The molecule has 0 radical (unpaired) electrons. The summed E-state index contributed by atoms with van der Waals surface area (Å²) in [6.07, 6.45) is 3.19. The van der Waals surface area contributed by atoms with Gasteiger partial charge in [0.1, 0.15) is 0 Å². The summed E-state index contributed by atoms with van der Waals surface area (Å²) in [5, 5.41) is 10.2. The number of rotatable bonds is 5. The van der Waals surface area contributed by atoms with Crippen LogP contribution < -0.4 is 0 Å². The van der Waals surface area contributed by atoms with Crippen LogP contribution in [0.25, 0.3) is 10.9 Å². The van der Waals surface area contributed by atoms with Crippen molar-refractivity contribution in [1.82, 2.24) is 14.8 Å². The molecule has 0 aliphatic carbocycles. The first-order valence-corrected chi connectivity index (χ1v) is 9.02. The number of hydrogen-bond donors (Lipinski definition) is 1. The molecule has 1 saturated heterocycles. The first kappa shape index (κ1) is 17.8. The molecule has 2 aromatic rings. The van der Waals surface area contributed by atoms with E-state index in [1.165, 1.54) is 10.9 Å². The fourth-order valence-corrected chi connectivity index (χ4v) is 3.85. The fraction of sp³-hybridized carbons (Fsp3) is 0.500. The van der Waals surface area contributed by atoms with E-state index in [4.69, 9.17) is 5.11 Å². The number of pyridine rings is 1.